The molecule has 2 aromatic rings. The van der Waals surface area contributed by atoms with Crippen LogP contribution in [0.3, 0.4) is 0 Å². The van der Waals surface area contributed by atoms with Crippen LogP contribution in [0.25, 0.3) is 0 Å². The van der Waals surface area contributed by atoms with Crippen LogP contribution in [-0.4, -0.2) is 6.03 Å². The molecule has 104 valence electrons. The first-order chi connectivity index (χ1) is 9.54. The number of anilines is 1. The Morgan fingerprint density at radius 1 is 1.00 bits per heavy atom. The number of urea groups is 1. The summed E-state index contributed by atoms with van der Waals surface area (Å²) in [6.45, 7) is 0.0700. The van der Waals surface area contributed by atoms with Crippen LogP contribution in [0.4, 0.5) is 23.7 Å². The van der Waals surface area contributed by atoms with Gasteiger partial charge in [-0.25, -0.2) is 18.0 Å². The Labute approximate surface area is 113 Å². The van der Waals surface area contributed by atoms with Crippen LogP contribution in [0.15, 0.2) is 42.5 Å². The van der Waals surface area contributed by atoms with E-state index in [9.17, 15) is 18.0 Å². The van der Waals surface area contributed by atoms with Crippen molar-refractivity contribution >= 4 is 11.7 Å². The van der Waals surface area contributed by atoms with Gasteiger partial charge in [-0.3, -0.25) is 0 Å². The Hall–Kier alpha value is -2.50. The SMILES string of the molecule is O=C(NCc1cccc(F)c1)Nc1cc(F)ccc1F. The second-order valence-corrected chi connectivity index (χ2v) is 4.06. The maximum Gasteiger partial charge on any atom is 0.319 e. The topological polar surface area (TPSA) is 41.1 Å². The summed E-state index contributed by atoms with van der Waals surface area (Å²) >= 11 is 0. The van der Waals surface area contributed by atoms with Crippen LogP contribution in [0.1, 0.15) is 5.56 Å². The van der Waals surface area contributed by atoms with Crippen molar-refractivity contribution in [3.8, 4) is 0 Å². The van der Waals surface area contributed by atoms with Crippen molar-refractivity contribution in [2.45, 2.75) is 6.54 Å². The summed E-state index contributed by atoms with van der Waals surface area (Å²) in [4.78, 5) is 11.5. The molecule has 0 spiro atoms. The third kappa shape index (κ3) is 3.74. The van der Waals surface area contributed by atoms with E-state index in [0.29, 0.717) is 5.56 Å². The van der Waals surface area contributed by atoms with Gasteiger partial charge in [0.15, 0.2) is 0 Å². The highest BCUT2D eigenvalue weighted by Gasteiger charge is 2.07. The van der Waals surface area contributed by atoms with E-state index in [0.717, 1.165) is 18.2 Å². The van der Waals surface area contributed by atoms with Crippen LogP contribution < -0.4 is 10.6 Å². The predicted molar refractivity (Wildman–Crippen MR) is 68.6 cm³/mol. The number of rotatable bonds is 3. The Morgan fingerprint density at radius 2 is 1.75 bits per heavy atom. The summed E-state index contributed by atoms with van der Waals surface area (Å²) in [5.41, 5.74) is 0.293. The molecule has 0 aromatic heterocycles. The number of halogens is 3. The normalized spacial score (nSPS) is 10.2. The fourth-order valence-corrected chi connectivity index (χ4v) is 1.59. The Balaban J connectivity index is 1.94. The zero-order valence-corrected chi connectivity index (χ0v) is 10.3. The summed E-state index contributed by atoms with van der Waals surface area (Å²) in [6.07, 6.45) is 0. The molecule has 0 saturated carbocycles. The van der Waals surface area contributed by atoms with Gasteiger partial charge in [0.2, 0.25) is 0 Å². The number of carbonyl (C=O) groups excluding carboxylic acids is 1. The molecule has 3 nitrogen and oxygen atoms in total. The van der Waals surface area contributed by atoms with Gasteiger partial charge in [0, 0.05) is 12.6 Å². The summed E-state index contributed by atoms with van der Waals surface area (Å²) in [6, 6.07) is 7.72. The summed E-state index contributed by atoms with van der Waals surface area (Å²) in [7, 11) is 0. The highest BCUT2D eigenvalue weighted by molar-refractivity contribution is 5.89. The highest BCUT2D eigenvalue weighted by Crippen LogP contribution is 2.15. The maximum absolute atomic E-state index is 13.3. The van der Waals surface area contributed by atoms with E-state index in [4.69, 9.17) is 0 Å². The monoisotopic (exact) mass is 280 g/mol. The molecule has 0 atom stereocenters. The smallest absolute Gasteiger partial charge is 0.319 e. The fourth-order valence-electron chi connectivity index (χ4n) is 1.59. The second-order valence-electron chi connectivity index (χ2n) is 4.06. The number of benzene rings is 2. The molecule has 0 heterocycles. The third-order valence-corrected chi connectivity index (χ3v) is 2.52. The quantitative estimate of drug-likeness (QED) is 0.888. The first-order valence-corrected chi connectivity index (χ1v) is 5.79. The number of carbonyl (C=O) groups is 1. The van der Waals surface area contributed by atoms with Gasteiger partial charge in [-0.15, -0.1) is 0 Å². The van der Waals surface area contributed by atoms with Crippen LogP contribution >= 0.6 is 0 Å². The minimum Gasteiger partial charge on any atom is -0.334 e. The number of amides is 2. The van der Waals surface area contributed by atoms with Crippen LogP contribution in [0, 0.1) is 17.5 Å². The van der Waals surface area contributed by atoms with Crippen molar-refractivity contribution in [3.63, 3.8) is 0 Å². The van der Waals surface area contributed by atoms with Crippen LogP contribution in [-0.2, 0) is 6.54 Å². The lowest BCUT2D eigenvalue weighted by atomic mass is 10.2. The number of hydrogen-bond acceptors (Lipinski definition) is 1. The zero-order valence-electron chi connectivity index (χ0n) is 10.3. The lowest BCUT2D eigenvalue weighted by Crippen LogP contribution is -2.28. The van der Waals surface area contributed by atoms with E-state index in [2.05, 4.69) is 10.6 Å². The maximum atomic E-state index is 13.3. The molecule has 2 aromatic carbocycles. The zero-order chi connectivity index (χ0) is 14.5. The van der Waals surface area contributed by atoms with E-state index in [1.165, 1.54) is 18.2 Å². The average Bonchev–Trinajstić information content (AvgIpc) is 2.41. The van der Waals surface area contributed by atoms with Gasteiger partial charge in [-0.05, 0) is 29.8 Å². The Morgan fingerprint density at radius 3 is 2.50 bits per heavy atom. The van der Waals surface area contributed by atoms with Gasteiger partial charge < -0.3 is 10.6 Å². The fraction of sp³-hybridized carbons (Fsp3) is 0.0714. The van der Waals surface area contributed by atoms with Crippen molar-refractivity contribution in [1.82, 2.24) is 5.32 Å². The summed E-state index contributed by atoms with van der Waals surface area (Å²) in [5.74, 6) is -1.82. The molecule has 0 unspecified atom stereocenters. The third-order valence-electron chi connectivity index (χ3n) is 2.52. The molecular weight excluding hydrogens is 269 g/mol. The lowest BCUT2D eigenvalue weighted by Gasteiger charge is -2.08. The number of nitrogens with one attached hydrogen (secondary N) is 2. The molecule has 6 heteroatoms. The molecule has 2 N–H and O–H groups in total. The van der Waals surface area contributed by atoms with Gasteiger partial charge in [0.05, 0.1) is 5.69 Å². The van der Waals surface area contributed by atoms with Crippen LogP contribution in [0.5, 0.6) is 0 Å². The van der Waals surface area contributed by atoms with Gasteiger partial charge in [0.1, 0.15) is 17.5 Å². The molecule has 0 aliphatic carbocycles. The second kappa shape index (κ2) is 6.10. The number of hydrogen-bond donors (Lipinski definition) is 2. The molecular formula is C14H11F3N2O. The van der Waals surface area contributed by atoms with Gasteiger partial charge in [-0.2, -0.15) is 0 Å². The van der Waals surface area contributed by atoms with E-state index in [-0.39, 0.29) is 12.2 Å². The Bertz CT molecular complexity index is 632. The van der Waals surface area contributed by atoms with Crippen molar-refractivity contribution in [1.29, 1.82) is 0 Å². The van der Waals surface area contributed by atoms with Crippen molar-refractivity contribution in [2.75, 3.05) is 5.32 Å². The van der Waals surface area contributed by atoms with E-state index < -0.39 is 23.5 Å². The van der Waals surface area contributed by atoms with Crippen LogP contribution in [0.2, 0.25) is 0 Å². The molecule has 0 bridgehead atoms. The lowest BCUT2D eigenvalue weighted by molar-refractivity contribution is 0.251. The highest BCUT2D eigenvalue weighted by atomic mass is 19.1. The van der Waals surface area contributed by atoms with Gasteiger partial charge in [-0.1, -0.05) is 12.1 Å². The summed E-state index contributed by atoms with van der Waals surface area (Å²) < 4.78 is 39.1. The van der Waals surface area contributed by atoms with E-state index >= 15 is 0 Å². The predicted octanol–water partition coefficient (Wildman–Crippen LogP) is 3.43. The standard InChI is InChI=1S/C14H11F3N2O/c15-10-3-1-2-9(6-10)8-18-14(20)19-13-7-11(16)4-5-12(13)17/h1-7H,8H2,(H2,18,19,20). The first-order valence-electron chi connectivity index (χ1n) is 5.79. The van der Waals surface area contributed by atoms with Crippen molar-refractivity contribution < 1.29 is 18.0 Å². The summed E-state index contributed by atoms with van der Waals surface area (Å²) in [5, 5.41) is 4.59. The molecule has 20 heavy (non-hydrogen) atoms. The molecule has 0 radical (unpaired) electrons. The van der Waals surface area contributed by atoms with Crippen molar-refractivity contribution in [2.24, 2.45) is 0 Å². The molecule has 2 amide bonds. The van der Waals surface area contributed by atoms with Gasteiger partial charge >= 0.3 is 6.03 Å². The molecule has 2 rings (SSSR count). The Kier molecular flexibility index (Phi) is 4.24. The van der Waals surface area contributed by atoms with Gasteiger partial charge in [0.25, 0.3) is 0 Å². The molecule has 0 fully saturated rings. The van der Waals surface area contributed by atoms with E-state index in [1.54, 1.807) is 6.07 Å². The average molecular weight is 280 g/mol. The minimum absolute atomic E-state index is 0.0700. The molecule has 0 aliphatic rings. The van der Waals surface area contributed by atoms with E-state index in [1.807, 2.05) is 0 Å². The molecule has 0 saturated heterocycles. The van der Waals surface area contributed by atoms with Crippen molar-refractivity contribution in [3.05, 3.63) is 65.5 Å². The first kappa shape index (κ1) is 13.9. The largest absolute Gasteiger partial charge is 0.334 e. The minimum atomic E-state index is -0.743. The molecule has 0 aliphatic heterocycles.